The van der Waals surface area contributed by atoms with E-state index in [4.69, 9.17) is 14.7 Å². The number of ether oxygens (including phenoxy) is 1. The van der Waals surface area contributed by atoms with E-state index in [1.807, 2.05) is 31.3 Å². The lowest BCUT2D eigenvalue weighted by molar-refractivity contribution is 0.122. The molecule has 1 fully saturated rings. The Morgan fingerprint density at radius 3 is 2.52 bits per heavy atom. The van der Waals surface area contributed by atoms with Crippen molar-refractivity contribution in [2.24, 2.45) is 7.05 Å². The van der Waals surface area contributed by atoms with Crippen molar-refractivity contribution in [2.45, 2.75) is 0 Å². The van der Waals surface area contributed by atoms with Crippen LogP contribution < -0.4 is 15.5 Å². The second-order valence-corrected chi connectivity index (χ2v) is 7.57. The molecule has 2 amide bonds. The van der Waals surface area contributed by atoms with Gasteiger partial charge in [-0.2, -0.15) is 0 Å². The molecule has 5 rings (SSSR count). The van der Waals surface area contributed by atoms with Crippen LogP contribution in [0.25, 0.3) is 33.2 Å². The van der Waals surface area contributed by atoms with Gasteiger partial charge in [0.2, 0.25) is 0 Å². The average Bonchev–Trinajstić information content (AvgIpc) is 3.20. The molecule has 3 heterocycles. The Morgan fingerprint density at radius 2 is 1.77 bits per heavy atom. The van der Waals surface area contributed by atoms with E-state index < -0.39 is 0 Å². The van der Waals surface area contributed by atoms with E-state index in [1.54, 1.807) is 7.05 Å². The van der Waals surface area contributed by atoms with Crippen LogP contribution in [0.4, 0.5) is 16.3 Å². The van der Waals surface area contributed by atoms with Crippen LogP contribution in [-0.2, 0) is 11.8 Å². The van der Waals surface area contributed by atoms with Crippen LogP contribution in [0, 0.1) is 0 Å². The number of aromatic nitrogens is 3. The summed E-state index contributed by atoms with van der Waals surface area (Å²) in [6.45, 7) is 2.98. The van der Waals surface area contributed by atoms with Gasteiger partial charge in [0.1, 0.15) is 5.82 Å². The molecule has 2 aromatic carbocycles. The zero-order valence-electron chi connectivity index (χ0n) is 17.6. The van der Waals surface area contributed by atoms with Gasteiger partial charge >= 0.3 is 6.03 Å². The number of hydrogen-bond donors (Lipinski definition) is 2. The van der Waals surface area contributed by atoms with Gasteiger partial charge in [-0.15, -0.1) is 0 Å². The van der Waals surface area contributed by atoms with E-state index in [0.717, 1.165) is 46.3 Å². The number of nitrogens with one attached hydrogen (secondary N) is 2. The Kier molecular flexibility index (Phi) is 4.91. The molecule has 8 nitrogen and oxygen atoms in total. The Bertz CT molecular complexity index is 1260. The number of fused-ring (bicyclic) bond motifs is 3. The summed E-state index contributed by atoms with van der Waals surface area (Å²) in [5.74, 6) is 1.60. The molecular formula is C23H24N6O2. The second-order valence-electron chi connectivity index (χ2n) is 7.57. The van der Waals surface area contributed by atoms with Gasteiger partial charge in [0, 0.05) is 60.9 Å². The second kappa shape index (κ2) is 7.88. The number of morpholine rings is 1. The van der Waals surface area contributed by atoms with Crippen molar-refractivity contribution in [2.75, 3.05) is 43.6 Å². The molecule has 8 heteroatoms. The van der Waals surface area contributed by atoms with E-state index in [1.165, 1.54) is 0 Å². The number of nitrogens with zero attached hydrogens (tertiary/aromatic N) is 4. The summed E-state index contributed by atoms with van der Waals surface area (Å²) in [5.41, 5.74) is 3.68. The first-order chi connectivity index (χ1) is 15.1. The topological polar surface area (TPSA) is 84.3 Å². The molecule has 31 heavy (non-hydrogen) atoms. The highest BCUT2D eigenvalue weighted by molar-refractivity contribution is 6.08. The maximum absolute atomic E-state index is 11.6. The SMILES string of the molecule is CNC(=O)Nc1ccc(-c2nc(N3CCOCC3)c3ccc4c(ccn4C)c3n2)cc1. The summed E-state index contributed by atoms with van der Waals surface area (Å²) in [6, 6.07) is 13.7. The molecule has 0 atom stereocenters. The number of amides is 2. The predicted octanol–water partition coefficient (Wildman–Crippen LogP) is 3.38. The standard InChI is InChI=1S/C23H24N6O2/c1-24-23(30)25-16-5-3-15(4-6-16)21-26-20-17-9-10-28(2)19(17)8-7-18(20)22(27-21)29-11-13-31-14-12-29/h3-10H,11-14H2,1-2H3,(H2,24,25,30). The quantitative estimate of drug-likeness (QED) is 0.535. The molecule has 2 aromatic heterocycles. The predicted molar refractivity (Wildman–Crippen MR) is 123 cm³/mol. The molecular weight excluding hydrogens is 392 g/mol. The summed E-state index contributed by atoms with van der Waals surface area (Å²) in [7, 11) is 3.63. The van der Waals surface area contributed by atoms with E-state index >= 15 is 0 Å². The zero-order valence-corrected chi connectivity index (χ0v) is 17.6. The third-order valence-corrected chi connectivity index (χ3v) is 5.65. The van der Waals surface area contributed by atoms with Gasteiger partial charge in [-0.25, -0.2) is 14.8 Å². The number of rotatable bonds is 3. The summed E-state index contributed by atoms with van der Waals surface area (Å²) in [5, 5.41) is 7.48. The van der Waals surface area contributed by atoms with Crippen LogP contribution in [0.15, 0.2) is 48.7 Å². The fraction of sp³-hybridized carbons (Fsp3) is 0.261. The first kappa shape index (κ1) is 19.3. The molecule has 0 saturated carbocycles. The Morgan fingerprint density at radius 1 is 1.00 bits per heavy atom. The van der Waals surface area contributed by atoms with Gasteiger partial charge < -0.3 is 24.8 Å². The van der Waals surface area contributed by atoms with Crippen molar-refractivity contribution in [3.8, 4) is 11.4 Å². The van der Waals surface area contributed by atoms with Gasteiger partial charge in [0.05, 0.1) is 18.7 Å². The molecule has 4 aromatic rings. The van der Waals surface area contributed by atoms with Crippen molar-refractivity contribution < 1.29 is 9.53 Å². The monoisotopic (exact) mass is 416 g/mol. The third-order valence-electron chi connectivity index (χ3n) is 5.65. The first-order valence-corrected chi connectivity index (χ1v) is 10.3. The van der Waals surface area contributed by atoms with Gasteiger partial charge in [0.15, 0.2) is 5.82 Å². The van der Waals surface area contributed by atoms with Gasteiger partial charge in [-0.05, 0) is 42.5 Å². The zero-order chi connectivity index (χ0) is 21.4. The maximum Gasteiger partial charge on any atom is 0.318 e. The van der Waals surface area contributed by atoms with Crippen molar-refractivity contribution >= 4 is 39.3 Å². The molecule has 0 unspecified atom stereocenters. The van der Waals surface area contributed by atoms with Gasteiger partial charge in [-0.1, -0.05) is 0 Å². The van der Waals surface area contributed by atoms with Gasteiger partial charge in [-0.3, -0.25) is 0 Å². The molecule has 0 radical (unpaired) electrons. The van der Waals surface area contributed by atoms with Crippen LogP contribution in [0.2, 0.25) is 0 Å². The Labute approximate surface area is 179 Å². The summed E-state index contributed by atoms with van der Waals surface area (Å²) >= 11 is 0. The highest BCUT2D eigenvalue weighted by Gasteiger charge is 2.19. The molecule has 1 aliphatic heterocycles. The number of benzene rings is 2. The average molecular weight is 416 g/mol. The van der Waals surface area contributed by atoms with Gasteiger partial charge in [0.25, 0.3) is 0 Å². The van der Waals surface area contributed by atoms with Crippen molar-refractivity contribution in [1.29, 1.82) is 0 Å². The number of aryl methyl sites for hydroxylation is 1. The third kappa shape index (κ3) is 3.55. The number of carbonyl (C=O) groups is 1. The summed E-state index contributed by atoms with van der Waals surface area (Å²) in [4.78, 5) is 23.8. The van der Waals surface area contributed by atoms with Crippen molar-refractivity contribution in [3.63, 3.8) is 0 Å². The lowest BCUT2D eigenvalue weighted by atomic mass is 10.1. The molecule has 1 saturated heterocycles. The molecule has 0 bridgehead atoms. The van der Waals surface area contributed by atoms with E-state index in [-0.39, 0.29) is 6.03 Å². The minimum atomic E-state index is -0.254. The van der Waals surface area contributed by atoms with E-state index in [2.05, 4.69) is 44.5 Å². The molecule has 2 N–H and O–H groups in total. The van der Waals surface area contributed by atoms with Crippen molar-refractivity contribution in [1.82, 2.24) is 19.9 Å². The fourth-order valence-electron chi connectivity index (χ4n) is 3.97. The Balaban J connectivity index is 1.65. The minimum Gasteiger partial charge on any atom is -0.378 e. The smallest absolute Gasteiger partial charge is 0.318 e. The lowest BCUT2D eigenvalue weighted by Crippen LogP contribution is -2.37. The van der Waals surface area contributed by atoms with Crippen molar-refractivity contribution in [3.05, 3.63) is 48.7 Å². The number of urea groups is 1. The number of carbonyl (C=O) groups excluding carboxylic acids is 1. The fourth-order valence-corrected chi connectivity index (χ4v) is 3.97. The highest BCUT2D eigenvalue weighted by Crippen LogP contribution is 2.33. The summed E-state index contributed by atoms with van der Waals surface area (Å²) in [6.07, 6.45) is 2.06. The normalized spacial score (nSPS) is 14.2. The van der Waals surface area contributed by atoms with Crippen LogP contribution in [0.1, 0.15) is 0 Å². The lowest BCUT2D eigenvalue weighted by Gasteiger charge is -2.29. The van der Waals surface area contributed by atoms with Crippen LogP contribution in [-0.4, -0.2) is 53.9 Å². The largest absolute Gasteiger partial charge is 0.378 e. The Hall–Kier alpha value is -3.65. The molecule has 158 valence electrons. The number of hydrogen-bond acceptors (Lipinski definition) is 5. The highest BCUT2D eigenvalue weighted by atomic mass is 16.5. The minimum absolute atomic E-state index is 0.254. The number of anilines is 2. The van der Waals surface area contributed by atoms with E-state index in [9.17, 15) is 4.79 Å². The van der Waals surface area contributed by atoms with Crippen LogP contribution in [0.5, 0.6) is 0 Å². The van der Waals surface area contributed by atoms with E-state index in [0.29, 0.717) is 24.7 Å². The molecule has 0 spiro atoms. The molecule has 1 aliphatic rings. The summed E-state index contributed by atoms with van der Waals surface area (Å²) < 4.78 is 7.65. The van der Waals surface area contributed by atoms with Crippen LogP contribution >= 0.6 is 0 Å². The van der Waals surface area contributed by atoms with Crippen LogP contribution in [0.3, 0.4) is 0 Å². The molecule has 0 aliphatic carbocycles. The maximum atomic E-state index is 11.6. The first-order valence-electron chi connectivity index (χ1n) is 10.3.